The van der Waals surface area contributed by atoms with Gasteiger partial charge in [-0.15, -0.1) is 0 Å². The van der Waals surface area contributed by atoms with Gasteiger partial charge in [-0.3, -0.25) is 4.98 Å². The summed E-state index contributed by atoms with van der Waals surface area (Å²) in [6.07, 6.45) is 5.72. The molecule has 0 radical (unpaired) electrons. The number of imidazole rings is 1. The van der Waals surface area contributed by atoms with Crippen molar-refractivity contribution in [2.45, 2.75) is 18.9 Å². The third kappa shape index (κ3) is 1.95. The number of piperidine rings is 1. The fourth-order valence-corrected chi connectivity index (χ4v) is 2.89. The molecule has 4 heterocycles. The number of hydrogen-bond donors (Lipinski definition) is 2. The topological polar surface area (TPSA) is 108 Å². The van der Waals surface area contributed by atoms with Gasteiger partial charge >= 0.3 is 0 Å². The Bertz CT molecular complexity index is 772. The first-order chi connectivity index (χ1) is 10.3. The van der Waals surface area contributed by atoms with E-state index in [0.717, 1.165) is 37.0 Å². The molecule has 0 amide bonds. The predicted molar refractivity (Wildman–Crippen MR) is 76.4 cm³/mol. The Hall–Kier alpha value is -2.48. The fourth-order valence-electron chi connectivity index (χ4n) is 2.89. The first-order valence-corrected chi connectivity index (χ1v) is 6.95. The van der Waals surface area contributed by atoms with E-state index in [2.05, 4.69) is 30.2 Å². The maximum absolute atomic E-state index is 5.84. The van der Waals surface area contributed by atoms with E-state index in [9.17, 15) is 0 Å². The van der Waals surface area contributed by atoms with Crippen molar-refractivity contribution in [3.8, 4) is 11.5 Å². The minimum Gasteiger partial charge on any atom is -0.379 e. The van der Waals surface area contributed by atoms with E-state index < -0.39 is 0 Å². The molecule has 1 aliphatic heterocycles. The van der Waals surface area contributed by atoms with Crippen LogP contribution < -0.4 is 11.1 Å². The highest BCUT2D eigenvalue weighted by Crippen LogP contribution is 2.31. The highest BCUT2D eigenvalue weighted by atomic mass is 16.6. The molecule has 1 aliphatic rings. The Labute approximate surface area is 120 Å². The summed E-state index contributed by atoms with van der Waals surface area (Å²) in [5, 5.41) is 11.0. The Morgan fingerprint density at radius 3 is 3.10 bits per heavy atom. The van der Waals surface area contributed by atoms with Crippen LogP contribution in [0.2, 0.25) is 0 Å². The normalized spacial score (nSPS) is 19.1. The molecule has 0 spiro atoms. The van der Waals surface area contributed by atoms with E-state index in [1.54, 1.807) is 12.4 Å². The van der Waals surface area contributed by atoms with E-state index in [1.807, 2.05) is 6.07 Å². The van der Waals surface area contributed by atoms with Gasteiger partial charge in [0.2, 0.25) is 0 Å². The van der Waals surface area contributed by atoms with Crippen LogP contribution in [0.25, 0.3) is 22.6 Å². The summed E-state index contributed by atoms with van der Waals surface area (Å²) in [6, 6.07) is 2.27. The SMILES string of the molecule is Nc1nonc1-c1nc2cnccc2n1C1CCCNC1. The minimum absolute atomic E-state index is 0.253. The first kappa shape index (κ1) is 12.3. The number of pyridine rings is 1. The van der Waals surface area contributed by atoms with Crippen molar-refractivity contribution in [1.82, 2.24) is 30.2 Å². The highest BCUT2D eigenvalue weighted by Gasteiger charge is 2.25. The van der Waals surface area contributed by atoms with Gasteiger partial charge in [0.25, 0.3) is 0 Å². The molecule has 0 bridgehead atoms. The maximum atomic E-state index is 5.84. The van der Waals surface area contributed by atoms with Crippen LogP contribution >= 0.6 is 0 Å². The van der Waals surface area contributed by atoms with Crippen molar-refractivity contribution in [1.29, 1.82) is 0 Å². The van der Waals surface area contributed by atoms with Gasteiger partial charge < -0.3 is 15.6 Å². The number of nitrogens with one attached hydrogen (secondary N) is 1. The summed E-state index contributed by atoms with van der Waals surface area (Å²) >= 11 is 0. The first-order valence-electron chi connectivity index (χ1n) is 6.95. The molecule has 0 aliphatic carbocycles. The van der Waals surface area contributed by atoms with Gasteiger partial charge in [-0.1, -0.05) is 0 Å². The largest absolute Gasteiger partial charge is 0.379 e. The van der Waals surface area contributed by atoms with Crippen molar-refractivity contribution in [3.63, 3.8) is 0 Å². The molecule has 1 fully saturated rings. The van der Waals surface area contributed by atoms with Crippen LogP contribution in [0.5, 0.6) is 0 Å². The molecule has 1 unspecified atom stereocenters. The van der Waals surface area contributed by atoms with Gasteiger partial charge in [0, 0.05) is 18.8 Å². The van der Waals surface area contributed by atoms with Gasteiger partial charge in [-0.25, -0.2) is 9.61 Å². The fraction of sp³-hybridized carbons (Fsp3) is 0.385. The molecule has 21 heavy (non-hydrogen) atoms. The van der Waals surface area contributed by atoms with E-state index in [-0.39, 0.29) is 5.82 Å². The molecule has 4 rings (SSSR count). The monoisotopic (exact) mass is 285 g/mol. The van der Waals surface area contributed by atoms with Gasteiger partial charge in [0.15, 0.2) is 17.3 Å². The molecule has 1 atom stereocenters. The molecule has 3 N–H and O–H groups in total. The molecular weight excluding hydrogens is 270 g/mol. The molecule has 8 nitrogen and oxygen atoms in total. The second kappa shape index (κ2) is 4.81. The molecule has 0 saturated carbocycles. The molecule has 108 valence electrons. The Morgan fingerprint density at radius 2 is 2.33 bits per heavy atom. The summed E-state index contributed by atoms with van der Waals surface area (Å²) in [5.74, 6) is 0.939. The number of nitrogens with two attached hydrogens (primary N) is 1. The standard InChI is InChI=1S/C13H15N7O/c14-12-11(18-21-19-12)13-17-9-7-16-5-3-10(9)20(13)8-2-1-4-15-6-8/h3,5,7-8,15H,1-2,4,6H2,(H2,14,19). The van der Waals surface area contributed by atoms with Crippen LogP contribution in [0, 0.1) is 0 Å². The zero-order valence-electron chi connectivity index (χ0n) is 11.4. The van der Waals surface area contributed by atoms with Crippen LogP contribution in [-0.2, 0) is 0 Å². The average molecular weight is 285 g/mol. The predicted octanol–water partition coefficient (Wildman–Crippen LogP) is 0.988. The third-order valence-corrected chi connectivity index (χ3v) is 3.85. The van der Waals surface area contributed by atoms with Gasteiger partial charge in [-0.05, 0) is 35.8 Å². The Kier molecular flexibility index (Phi) is 2.81. The Morgan fingerprint density at radius 1 is 1.38 bits per heavy atom. The number of nitrogens with zero attached hydrogens (tertiary/aromatic N) is 5. The Balaban J connectivity index is 1.94. The molecule has 3 aromatic rings. The van der Waals surface area contributed by atoms with Gasteiger partial charge in [0.1, 0.15) is 5.52 Å². The van der Waals surface area contributed by atoms with E-state index in [0.29, 0.717) is 17.6 Å². The van der Waals surface area contributed by atoms with E-state index in [4.69, 9.17) is 10.4 Å². The molecule has 1 saturated heterocycles. The lowest BCUT2D eigenvalue weighted by Crippen LogP contribution is -2.32. The summed E-state index contributed by atoms with van der Waals surface area (Å²) in [6.45, 7) is 1.94. The van der Waals surface area contributed by atoms with Crippen molar-refractivity contribution in [2.24, 2.45) is 0 Å². The number of rotatable bonds is 2. The van der Waals surface area contributed by atoms with Crippen LogP contribution in [-0.4, -0.2) is 37.9 Å². The summed E-state index contributed by atoms with van der Waals surface area (Å²) in [4.78, 5) is 8.76. The summed E-state index contributed by atoms with van der Waals surface area (Å²) < 4.78 is 6.89. The third-order valence-electron chi connectivity index (χ3n) is 3.85. The van der Waals surface area contributed by atoms with Crippen LogP contribution in [0.3, 0.4) is 0 Å². The van der Waals surface area contributed by atoms with Crippen molar-refractivity contribution < 1.29 is 4.63 Å². The number of fused-ring (bicyclic) bond motifs is 1. The minimum atomic E-state index is 0.253. The number of aromatic nitrogens is 5. The second-order valence-corrected chi connectivity index (χ2v) is 5.17. The summed E-state index contributed by atoms with van der Waals surface area (Å²) in [7, 11) is 0. The number of nitrogen functional groups attached to an aromatic ring is 1. The van der Waals surface area contributed by atoms with E-state index in [1.165, 1.54) is 0 Å². The van der Waals surface area contributed by atoms with Crippen molar-refractivity contribution >= 4 is 16.9 Å². The second-order valence-electron chi connectivity index (χ2n) is 5.17. The van der Waals surface area contributed by atoms with Crippen LogP contribution in [0.1, 0.15) is 18.9 Å². The molecule has 0 aromatic carbocycles. The maximum Gasteiger partial charge on any atom is 0.199 e. The highest BCUT2D eigenvalue weighted by molar-refractivity contribution is 5.81. The summed E-state index contributed by atoms with van der Waals surface area (Å²) in [5.41, 5.74) is 8.17. The lowest BCUT2D eigenvalue weighted by atomic mass is 10.1. The van der Waals surface area contributed by atoms with Gasteiger partial charge in [-0.2, -0.15) is 0 Å². The number of anilines is 1. The lowest BCUT2D eigenvalue weighted by Gasteiger charge is -2.26. The lowest BCUT2D eigenvalue weighted by molar-refractivity contribution is 0.309. The van der Waals surface area contributed by atoms with Crippen LogP contribution in [0.4, 0.5) is 5.82 Å². The van der Waals surface area contributed by atoms with Crippen LogP contribution in [0.15, 0.2) is 23.1 Å². The van der Waals surface area contributed by atoms with Gasteiger partial charge in [0.05, 0.1) is 11.7 Å². The zero-order chi connectivity index (χ0) is 14.2. The molecular formula is C13H15N7O. The van der Waals surface area contributed by atoms with Crippen molar-refractivity contribution in [2.75, 3.05) is 18.8 Å². The quantitative estimate of drug-likeness (QED) is 0.722. The van der Waals surface area contributed by atoms with E-state index >= 15 is 0 Å². The van der Waals surface area contributed by atoms with Crippen molar-refractivity contribution in [3.05, 3.63) is 18.5 Å². The molecule has 3 aromatic heterocycles. The average Bonchev–Trinajstić information content (AvgIpc) is 3.11. The zero-order valence-corrected chi connectivity index (χ0v) is 11.4. The number of hydrogen-bond acceptors (Lipinski definition) is 7. The smallest absolute Gasteiger partial charge is 0.199 e. The molecule has 8 heteroatoms.